The maximum absolute atomic E-state index is 12.3. The molecule has 1 heterocycles. The van der Waals surface area contributed by atoms with Gasteiger partial charge in [0.15, 0.2) is 0 Å². The molecule has 6 heteroatoms. The van der Waals surface area contributed by atoms with Crippen molar-refractivity contribution in [2.24, 2.45) is 0 Å². The molecule has 0 aliphatic heterocycles. The van der Waals surface area contributed by atoms with Crippen molar-refractivity contribution in [3.8, 4) is 16.9 Å². The van der Waals surface area contributed by atoms with E-state index in [0.29, 0.717) is 19.8 Å². The molecular formula is C24H26BrNO4. The SMILES string of the molecule is CCOc1c(/C(C)=C/C(=O)NCCOC)cc2c(-c3ccc(Br)cc3)coc2c1C. The second kappa shape index (κ2) is 9.96. The predicted octanol–water partition coefficient (Wildman–Crippen LogP) is 5.74. The molecule has 0 saturated carbocycles. The van der Waals surface area contributed by atoms with Crippen LogP contribution in [0.25, 0.3) is 27.7 Å². The molecule has 0 aliphatic rings. The summed E-state index contributed by atoms with van der Waals surface area (Å²) in [5.41, 5.74) is 5.47. The summed E-state index contributed by atoms with van der Waals surface area (Å²) >= 11 is 3.48. The molecule has 2 aromatic carbocycles. The Bertz CT molecular complexity index is 1070. The van der Waals surface area contributed by atoms with Crippen LogP contribution in [-0.2, 0) is 9.53 Å². The first-order chi connectivity index (χ1) is 14.5. The highest BCUT2D eigenvalue weighted by Gasteiger charge is 2.19. The third kappa shape index (κ3) is 4.77. The highest BCUT2D eigenvalue weighted by molar-refractivity contribution is 9.10. The number of hydrogen-bond acceptors (Lipinski definition) is 4. The van der Waals surface area contributed by atoms with Crippen LogP contribution in [0.15, 0.2) is 51.6 Å². The zero-order valence-corrected chi connectivity index (χ0v) is 19.3. The molecule has 0 unspecified atom stereocenters. The van der Waals surface area contributed by atoms with E-state index >= 15 is 0 Å². The van der Waals surface area contributed by atoms with Crippen LogP contribution in [-0.4, -0.2) is 32.8 Å². The number of nitrogens with one attached hydrogen (secondary N) is 1. The number of furan rings is 1. The second-order valence-electron chi connectivity index (χ2n) is 6.96. The third-order valence-corrected chi connectivity index (χ3v) is 5.39. The Kier molecular flexibility index (Phi) is 7.34. The van der Waals surface area contributed by atoms with Gasteiger partial charge in [0.1, 0.15) is 11.3 Å². The number of ether oxygens (including phenoxy) is 2. The lowest BCUT2D eigenvalue weighted by Gasteiger charge is -2.15. The van der Waals surface area contributed by atoms with E-state index in [1.807, 2.05) is 51.1 Å². The van der Waals surface area contributed by atoms with Crippen molar-refractivity contribution < 1.29 is 18.7 Å². The van der Waals surface area contributed by atoms with Crippen molar-refractivity contribution in [3.05, 3.63) is 58.3 Å². The van der Waals surface area contributed by atoms with Gasteiger partial charge in [-0.05, 0) is 50.1 Å². The largest absolute Gasteiger partial charge is 0.493 e. The first-order valence-electron chi connectivity index (χ1n) is 9.85. The molecule has 0 atom stereocenters. The highest BCUT2D eigenvalue weighted by Crippen LogP contribution is 2.40. The van der Waals surface area contributed by atoms with Gasteiger partial charge < -0.3 is 19.2 Å². The first kappa shape index (κ1) is 22.1. The minimum absolute atomic E-state index is 0.162. The summed E-state index contributed by atoms with van der Waals surface area (Å²) in [5.74, 6) is 0.574. The van der Waals surface area contributed by atoms with E-state index in [-0.39, 0.29) is 5.91 Å². The topological polar surface area (TPSA) is 60.7 Å². The molecule has 30 heavy (non-hydrogen) atoms. The number of aryl methyl sites for hydroxylation is 1. The molecule has 1 aromatic heterocycles. The Balaban J connectivity index is 2.09. The van der Waals surface area contributed by atoms with Gasteiger partial charge in [0.05, 0.1) is 19.5 Å². The van der Waals surface area contributed by atoms with E-state index in [0.717, 1.165) is 49.0 Å². The van der Waals surface area contributed by atoms with Gasteiger partial charge in [-0.1, -0.05) is 28.1 Å². The van der Waals surface area contributed by atoms with Crippen molar-refractivity contribution in [2.45, 2.75) is 20.8 Å². The van der Waals surface area contributed by atoms with Crippen molar-refractivity contribution in [3.63, 3.8) is 0 Å². The average Bonchev–Trinajstić information content (AvgIpc) is 3.15. The van der Waals surface area contributed by atoms with Gasteiger partial charge in [-0.2, -0.15) is 0 Å². The van der Waals surface area contributed by atoms with Crippen LogP contribution in [0.2, 0.25) is 0 Å². The van der Waals surface area contributed by atoms with E-state index in [4.69, 9.17) is 13.9 Å². The number of hydrogen-bond donors (Lipinski definition) is 1. The Morgan fingerprint density at radius 3 is 2.67 bits per heavy atom. The molecule has 3 rings (SSSR count). The number of amides is 1. The van der Waals surface area contributed by atoms with Crippen molar-refractivity contribution >= 4 is 38.4 Å². The lowest BCUT2D eigenvalue weighted by Crippen LogP contribution is -2.25. The first-order valence-corrected chi connectivity index (χ1v) is 10.6. The Morgan fingerprint density at radius 2 is 2.00 bits per heavy atom. The lowest BCUT2D eigenvalue weighted by molar-refractivity contribution is -0.116. The molecular weight excluding hydrogens is 446 g/mol. The molecule has 0 saturated heterocycles. The van der Waals surface area contributed by atoms with Crippen molar-refractivity contribution in [1.29, 1.82) is 0 Å². The highest BCUT2D eigenvalue weighted by atomic mass is 79.9. The molecule has 5 nitrogen and oxygen atoms in total. The minimum atomic E-state index is -0.162. The fourth-order valence-electron chi connectivity index (χ4n) is 3.39. The van der Waals surface area contributed by atoms with Crippen LogP contribution in [0.3, 0.4) is 0 Å². The van der Waals surface area contributed by atoms with Gasteiger partial charge in [-0.15, -0.1) is 0 Å². The van der Waals surface area contributed by atoms with Gasteiger partial charge >= 0.3 is 0 Å². The number of carbonyl (C=O) groups excluding carboxylic acids is 1. The summed E-state index contributed by atoms with van der Waals surface area (Å²) in [6.07, 6.45) is 3.37. The minimum Gasteiger partial charge on any atom is -0.493 e. The lowest BCUT2D eigenvalue weighted by atomic mass is 9.96. The number of benzene rings is 2. The Hall–Kier alpha value is -2.57. The van der Waals surface area contributed by atoms with Crippen LogP contribution in [0, 0.1) is 6.92 Å². The van der Waals surface area contributed by atoms with Crippen LogP contribution < -0.4 is 10.1 Å². The number of methoxy groups -OCH3 is 1. The predicted molar refractivity (Wildman–Crippen MR) is 124 cm³/mol. The summed E-state index contributed by atoms with van der Waals surface area (Å²) in [6, 6.07) is 10.2. The smallest absolute Gasteiger partial charge is 0.244 e. The summed E-state index contributed by atoms with van der Waals surface area (Å²) < 4.78 is 17.9. The normalized spacial score (nSPS) is 11.7. The van der Waals surface area contributed by atoms with Crippen LogP contribution in [0.1, 0.15) is 25.0 Å². The van der Waals surface area contributed by atoms with Gasteiger partial charge in [0.2, 0.25) is 5.91 Å². The molecule has 0 spiro atoms. The molecule has 3 aromatic rings. The number of rotatable bonds is 8. The molecule has 158 valence electrons. The fourth-order valence-corrected chi connectivity index (χ4v) is 3.66. The van der Waals surface area contributed by atoms with Crippen LogP contribution in [0.5, 0.6) is 5.75 Å². The molecule has 0 radical (unpaired) electrons. The summed E-state index contributed by atoms with van der Waals surface area (Å²) in [5, 5.41) is 3.81. The van der Waals surface area contributed by atoms with Gasteiger partial charge in [-0.25, -0.2) is 0 Å². The van der Waals surface area contributed by atoms with E-state index in [2.05, 4.69) is 21.2 Å². The van der Waals surface area contributed by atoms with E-state index in [1.54, 1.807) is 19.4 Å². The summed E-state index contributed by atoms with van der Waals surface area (Å²) in [7, 11) is 1.60. The second-order valence-corrected chi connectivity index (χ2v) is 7.87. The van der Waals surface area contributed by atoms with Crippen molar-refractivity contribution in [1.82, 2.24) is 5.32 Å². The molecule has 0 aliphatic carbocycles. The average molecular weight is 472 g/mol. The third-order valence-electron chi connectivity index (χ3n) is 4.87. The fraction of sp³-hybridized carbons (Fsp3) is 0.292. The van der Waals surface area contributed by atoms with E-state index in [9.17, 15) is 4.79 Å². The number of allylic oxidation sites excluding steroid dienone is 1. The zero-order valence-electron chi connectivity index (χ0n) is 17.7. The Labute approximate surface area is 185 Å². The zero-order chi connectivity index (χ0) is 21.7. The molecule has 1 N–H and O–H groups in total. The summed E-state index contributed by atoms with van der Waals surface area (Å²) in [6.45, 7) is 7.30. The maximum atomic E-state index is 12.3. The summed E-state index contributed by atoms with van der Waals surface area (Å²) in [4.78, 5) is 12.3. The molecule has 1 amide bonds. The van der Waals surface area contributed by atoms with Crippen LogP contribution in [0.4, 0.5) is 0 Å². The number of halogens is 1. The van der Waals surface area contributed by atoms with Gasteiger partial charge in [0, 0.05) is 46.3 Å². The van der Waals surface area contributed by atoms with E-state index in [1.165, 1.54) is 0 Å². The number of carbonyl (C=O) groups is 1. The Morgan fingerprint density at radius 1 is 1.27 bits per heavy atom. The number of fused-ring (bicyclic) bond motifs is 1. The van der Waals surface area contributed by atoms with Crippen LogP contribution >= 0.6 is 15.9 Å². The standard InChI is InChI=1S/C24H26BrNO4/c1-5-29-23-16(3)24-20(21(14-30-24)17-6-8-18(25)9-7-17)13-19(23)15(2)12-22(27)26-10-11-28-4/h6-9,12-14H,5,10-11H2,1-4H3,(H,26,27)/b15-12+. The molecule has 0 fully saturated rings. The van der Waals surface area contributed by atoms with Crippen molar-refractivity contribution in [2.75, 3.05) is 26.9 Å². The quantitative estimate of drug-likeness (QED) is 0.336. The molecule has 0 bridgehead atoms. The van der Waals surface area contributed by atoms with Gasteiger partial charge in [0.25, 0.3) is 0 Å². The van der Waals surface area contributed by atoms with E-state index < -0.39 is 0 Å². The maximum Gasteiger partial charge on any atom is 0.244 e. The van der Waals surface area contributed by atoms with Gasteiger partial charge in [-0.3, -0.25) is 4.79 Å². The monoisotopic (exact) mass is 471 g/mol.